The van der Waals surface area contributed by atoms with Crippen LogP contribution in [0.5, 0.6) is 0 Å². The summed E-state index contributed by atoms with van der Waals surface area (Å²) in [4.78, 5) is 10.0. The standard InChI is InChI=1S/C13H19NO5/c1-13(2,11(16)7-8-15)12(17)9-3-5-10(6-4-9)14(18)19/h3-6,11-12,15-17H,7-8H2,1-2H3. The van der Waals surface area contributed by atoms with Crippen molar-refractivity contribution in [3.63, 3.8) is 0 Å². The van der Waals surface area contributed by atoms with Gasteiger partial charge in [-0.15, -0.1) is 0 Å². The monoisotopic (exact) mass is 269 g/mol. The first kappa shape index (κ1) is 15.6. The van der Waals surface area contributed by atoms with E-state index >= 15 is 0 Å². The molecule has 0 aliphatic rings. The van der Waals surface area contributed by atoms with Gasteiger partial charge in [0, 0.05) is 24.2 Å². The molecule has 106 valence electrons. The van der Waals surface area contributed by atoms with E-state index in [0.717, 1.165) is 0 Å². The molecule has 0 saturated heterocycles. The number of nitrogens with zero attached hydrogens (tertiary/aromatic N) is 1. The molecule has 2 atom stereocenters. The third-order valence-corrected chi connectivity index (χ3v) is 3.39. The Morgan fingerprint density at radius 1 is 1.26 bits per heavy atom. The van der Waals surface area contributed by atoms with Gasteiger partial charge in [-0.2, -0.15) is 0 Å². The molecule has 1 rings (SSSR count). The average molecular weight is 269 g/mol. The Balaban J connectivity index is 2.92. The summed E-state index contributed by atoms with van der Waals surface area (Å²) in [5.74, 6) is 0. The van der Waals surface area contributed by atoms with Crippen molar-refractivity contribution in [2.75, 3.05) is 6.61 Å². The van der Waals surface area contributed by atoms with Crippen LogP contribution in [0, 0.1) is 15.5 Å². The van der Waals surface area contributed by atoms with Gasteiger partial charge in [0.15, 0.2) is 0 Å². The molecule has 1 aromatic rings. The van der Waals surface area contributed by atoms with Crippen molar-refractivity contribution in [3.8, 4) is 0 Å². The molecule has 0 amide bonds. The molecule has 0 bridgehead atoms. The van der Waals surface area contributed by atoms with Crippen molar-refractivity contribution >= 4 is 5.69 Å². The van der Waals surface area contributed by atoms with Crippen LogP contribution in [-0.4, -0.2) is 33.0 Å². The number of hydrogen-bond acceptors (Lipinski definition) is 5. The number of non-ortho nitro benzene ring substituents is 1. The van der Waals surface area contributed by atoms with Gasteiger partial charge in [0.25, 0.3) is 5.69 Å². The van der Waals surface area contributed by atoms with Crippen molar-refractivity contribution in [1.82, 2.24) is 0 Å². The van der Waals surface area contributed by atoms with Gasteiger partial charge in [-0.1, -0.05) is 13.8 Å². The molecular formula is C13H19NO5. The Morgan fingerprint density at radius 3 is 2.21 bits per heavy atom. The summed E-state index contributed by atoms with van der Waals surface area (Å²) in [6.07, 6.45) is -1.69. The molecular weight excluding hydrogens is 250 g/mol. The normalized spacial score (nSPS) is 15.0. The van der Waals surface area contributed by atoms with E-state index in [0.29, 0.717) is 5.56 Å². The van der Waals surface area contributed by atoms with Crippen LogP contribution in [-0.2, 0) is 0 Å². The fraction of sp³-hybridized carbons (Fsp3) is 0.538. The summed E-state index contributed by atoms with van der Waals surface area (Å²) in [6, 6.07) is 5.56. The van der Waals surface area contributed by atoms with Crippen molar-refractivity contribution < 1.29 is 20.2 Å². The Kier molecular flexibility index (Phi) is 4.99. The summed E-state index contributed by atoms with van der Waals surface area (Å²) in [5.41, 5.74) is -0.420. The van der Waals surface area contributed by atoms with Crippen molar-refractivity contribution in [2.24, 2.45) is 5.41 Å². The van der Waals surface area contributed by atoms with Crippen LogP contribution in [0.15, 0.2) is 24.3 Å². The first-order valence-corrected chi connectivity index (χ1v) is 6.02. The lowest BCUT2D eigenvalue weighted by Crippen LogP contribution is -2.36. The predicted molar refractivity (Wildman–Crippen MR) is 69.5 cm³/mol. The quantitative estimate of drug-likeness (QED) is 0.535. The third-order valence-electron chi connectivity index (χ3n) is 3.39. The molecule has 0 aliphatic carbocycles. The SMILES string of the molecule is CC(C)(C(O)CCO)C(O)c1ccc([N+](=O)[O-])cc1. The molecule has 6 heteroatoms. The van der Waals surface area contributed by atoms with E-state index < -0.39 is 22.5 Å². The van der Waals surface area contributed by atoms with Gasteiger partial charge in [-0.3, -0.25) is 10.1 Å². The zero-order valence-corrected chi connectivity index (χ0v) is 11.0. The van der Waals surface area contributed by atoms with E-state index in [4.69, 9.17) is 5.11 Å². The van der Waals surface area contributed by atoms with Crippen molar-refractivity contribution in [1.29, 1.82) is 0 Å². The smallest absolute Gasteiger partial charge is 0.269 e. The van der Waals surface area contributed by atoms with Crippen molar-refractivity contribution in [2.45, 2.75) is 32.5 Å². The molecule has 0 heterocycles. The fourth-order valence-corrected chi connectivity index (χ4v) is 1.88. The molecule has 19 heavy (non-hydrogen) atoms. The molecule has 0 aromatic heterocycles. The molecule has 0 fully saturated rings. The fourth-order valence-electron chi connectivity index (χ4n) is 1.88. The third kappa shape index (κ3) is 3.50. The Labute approximate surface area is 111 Å². The number of benzene rings is 1. The highest BCUT2D eigenvalue weighted by atomic mass is 16.6. The molecule has 0 radical (unpaired) electrons. The number of rotatable bonds is 6. The van der Waals surface area contributed by atoms with Crippen LogP contribution >= 0.6 is 0 Å². The summed E-state index contributed by atoms with van der Waals surface area (Å²) >= 11 is 0. The summed E-state index contributed by atoms with van der Waals surface area (Å²) in [6.45, 7) is 3.19. The van der Waals surface area contributed by atoms with Gasteiger partial charge < -0.3 is 15.3 Å². The van der Waals surface area contributed by atoms with E-state index in [1.165, 1.54) is 24.3 Å². The van der Waals surface area contributed by atoms with Gasteiger partial charge in [-0.05, 0) is 24.1 Å². The van der Waals surface area contributed by atoms with Crippen LogP contribution in [0.3, 0.4) is 0 Å². The Bertz CT molecular complexity index is 429. The van der Waals surface area contributed by atoms with Crippen LogP contribution in [0.2, 0.25) is 0 Å². The lowest BCUT2D eigenvalue weighted by Gasteiger charge is -2.35. The second-order valence-corrected chi connectivity index (χ2v) is 5.10. The molecule has 2 unspecified atom stereocenters. The van der Waals surface area contributed by atoms with Crippen LogP contribution < -0.4 is 0 Å². The second-order valence-electron chi connectivity index (χ2n) is 5.10. The van der Waals surface area contributed by atoms with Gasteiger partial charge >= 0.3 is 0 Å². The van der Waals surface area contributed by atoms with Crippen LogP contribution in [0.4, 0.5) is 5.69 Å². The minimum absolute atomic E-state index is 0.0512. The minimum atomic E-state index is -0.977. The number of nitro benzene ring substituents is 1. The Hall–Kier alpha value is -1.50. The van der Waals surface area contributed by atoms with Crippen molar-refractivity contribution in [3.05, 3.63) is 39.9 Å². The summed E-state index contributed by atoms with van der Waals surface area (Å²) in [5, 5.41) is 39.6. The molecule has 0 spiro atoms. The molecule has 6 nitrogen and oxygen atoms in total. The Morgan fingerprint density at radius 2 is 1.79 bits per heavy atom. The first-order valence-electron chi connectivity index (χ1n) is 6.02. The van der Waals surface area contributed by atoms with Crippen LogP contribution in [0.1, 0.15) is 31.9 Å². The van der Waals surface area contributed by atoms with E-state index in [9.17, 15) is 20.3 Å². The van der Waals surface area contributed by atoms with Gasteiger partial charge in [-0.25, -0.2) is 0 Å². The average Bonchev–Trinajstić information content (AvgIpc) is 2.38. The van der Waals surface area contributed by atoms with Gasteiger partial charge in [0.2, 0.25) is 0 Å². The topological polar surface area (TPSA) is 104 Å². The summed E-state index contributed by atoms with van der Waals surface area (Å²) in [7, 11) is 0. The van der Waals surface area contributed by atoms with E-state index in [-0.39, 0.29) is 18.7 Å². The second kappa shape index (κ2) is 6.10. The highest BCUT2D eigenvalue weighted by Crippen LogP contribution is 2.37. The number of aliphatic hydroxyl groups excluding tert-OH is 3. The molecule has 1 aromatic carbocycles. The zero-order valence-electron chi connectivity index (χ0n) is 11.0. The maximum Gasteiger partial charge on any atom is 0.269 e. The number of hydrogen-bond donors (Lipinski definition) is 3. The molecule has 0 saturated carbocycles. The highest BCUT2D eigenvalue weighted by molar-refractivity contribution is 5.34. The van der Waals surface area contributed by atoms with E-state index in [2.05, 4.69) is 0 Å². The minimum Gasteiger partial charge on any atom is -0.396 e. The maximum atomic E-state index is 10.5. The zero-order chi connectivity index (χ0) is 14.6. The number of aliphatic hydroxyl groups is 3. The predicted octanol–water partition coefficient (Wildman–Crippen LogP) is 1.40. The largest absolute Gasteiger partial charge is 0.396 e. The van der Waals surface area contributed by atoms with Gasteiger partial charge in [0.1, 0.15) is 0 Å². The van der Waals surface area contributed by atoms with E-state index in [1.807, 2.05) is 0 Å². The highest BCUT2D eigenvalue weighted by Gasteiger charge is 2.36. The molecule has 3 N–H and O–H groups in total. The molecule has 0 aliphatic heterocycles. The lowest BCUT2D eigenvalue weighted by atomic mass is 9.77. The first-order chi connectivity index (χ1) is 8.80. The van der Waals surface area contributed by atoms with Gasteiger partial charge in [0.05, 0.1) is 17.1 Å². The van der Waals surface area contributed by atoms with E-state index in [1.54, 1.807) is 13.8 Å². The number of nitro groups is 1. The van der Waals surface area contributed by atoms with Crippen LogP contribution in [0.25, 0.3) is 0 Å². The maximum absolute atomic E-state index is 10.5. The lowest BCUT2D eigenvalue weighted by molar-refractivity contribution is -0.384. The summed E-state index contributed by atoms with van der Waals surface area (Å²) < 4.78 is 0.